The van der Waals surface area contributed by atoms with Crippen molar-refractivity contribution in [2.24, 2.45) is 0 Å². The van der Waals surface area contributed by atoms with Crippen LogP contribution in [0.1, 0.15) is 20.8 Å². The van der Waals surface area contributed by atoms with Gasteiger partial charge >= 0.3 is 11.9 Å². The van der Waals surface area contributed by atoms with Crippen molar-refractivity contribution < 1.29 is 19.4 Å². The largest absolute Gasteiger partial charge is 0.478 e. The zero-order valence-electron chi connectivity index (χ0n) is 7.38. The van der Waals surface area contributed by atoms with E-state index in [9.17, 15) is 9.59 Å². The van der Waals surface area contributed by atoms with Gasteiger partial charge in [-0.1, -0.05) is 6.58 Å². The van der Waals surface area contributed by atoms with Crippen molar-refractivity contribution >= 4 is 11.9 Å². The number of carboxylic acids is 1. The van der Waals surface area contributed by atoms with E-state index < -0.39 is 17.5 Å². The molecular formula is C8H12O4. The van der Waals surface area contributed by atoms with Crippen LogP contribution < -0.4 is 0 Å². The standard InChI is InChI=1S/C8H12O4/c1-5(7(10)11)8(3,4)12-6(2)9/h1H2,2-4H3,(H,10,11). The van der Waals surface area contributed by atoms with Gasteiger partial charge in [-0.25, -0.2) is 4.79 Å². The number of rotatable bonds is 3. The van der Waals surface area contributed by atoms with Crippen LogP contribution in [0.3, 0.4) is 0 Å². The number of ether oxygens (including phenoxy) is 1. The summed E-state index contributed by atoms with van der Waals surface area (Å²) < 4.78 is 4.74. The third-order valence-corrected chi connectivity index (χ3v) is 1.38. The topological polar surface area (TPSA) is 63.6 Å². The molecule has 0 aromatic carbocycles. The molecule has 1 N–H and O–H groups in total. The van der Waals surface area contributed by atoms with Gasteiger partial charge in [0.15, 0.2) is 0 Å². The lowest BCUT2D eigenvalue weighted by Gasteiger charge is -2.23. The van der Waals surface area contributed by atoms with Gasteiger partial charge in [0.05, 0.1) is 5.57 Å². The zero-order valence-corrected chi connectivity index (χ0v) is 7.38. The smallest absolute Gasteiger partial charge is 0.335 e. The first-order valence-electron chi connectivity index (χ1n) is 3.39. The molecule has 0 radical (unpaired) electrons. The van der Waals surface area contributed by atoms with Crippen molar-refractivity contribution in [3.63, 3.8) is 0 Å². The molecule has 4 heteroatoms. The summed E-state index contributed by atoms with van der Waals surface area (Å²) in [7, 11) is 0. The van der Waals surface area contributed by atoms with Crippen LogP contribution in [0.5, 0.6) is 0 Å². The number of carbonyl (C=O) groups is 2. The van der Waals surface area contributed by atoms with Crippen LogP contribution >= 0.6 is 0 Å². The summed E-state index contributed by atoms with van der Waals surface area (Å²) in [5, 5.41) is 8.54. The molecule has 0 unspecified atom stereocenters. The lowest BCUT2D eigenvalue weighted by Crippen LogP contribution is -2.32. The zero-order chi connectivity index (χ0) is 9.94. The highest BCUT2D eigenvalue weighted by Gasteiger charge is 2.29. The fourth-order valence-electron chi connectivity index (χ4n) is 0.678. The van der Waals surface area contributed by atoms with Crippen molar-refractivity contribution in [2.45, 2.75) is 26.4 Å². The van der Waals surface area contributed by atoms with E-state index in [1.807, 2.05) is 0 Å². The van der Waals surface area contributed by atoms with Gasteiger partial charge in [0.1, 0.15) is 5.60 Å². The Hall–Kier alpha value is -1.32. The van der Waals surface area contributed by atoms with Gasteiger partial charge < -0.3 is 9.84 Å². The molecule has 0 fully saturated rings. The molecule has 68 valence electrons. The van der Waals surface area contributed by atoms with Crippen LogP contribution in [-0.4, -0.2) is 22.6 Å². The third kappa shape index (κ3) is 2.74. The van der Waals surface area contributed by atoms with Crippen molar-refractivity contribution in [3.8, 4) is 0 Å². The van der Waals surface area contributed by atoms with E-state index in [-0.39, 0.29) is 5.57 Å². The molecule has 0 rings (SSSR count). The number of hydrogen-bond acceptors (Lipinski definition) is 3. The van der Waals surface area contributed by atoms with Crippen LogP contribution in [0.2, 0.25) is 0 Å². The Labute approximate surface area is 70.8 Å². The van der Waals surface area contributed by atoms with E-state index in [0.29, 0.717) is 0 Å². The minimum absolute atomic E-state index is 0.141. The Morgan fingerprint density at radius 3 is 2.08 bits per heavy atom. The van der Waals surface area contributed by atoms with E-state index in [1.54, 1.807) is 0 Å². The monoisotopic (exact) mass is 172 g/mol. The Morgan fingerprint density at radius 2 is 1.83 bits per heavy atom. The Bertz CT molecular complexity index is 227. The molecule has 0 bridgehead atoms. The average molecular weight is 172 g/mol. The first kappa shape index (κ1) is 10.7. The summed E-state index contributed by atoms with van der Waals surface area (Å²) in [5.74, 6) is -1.69. The molecule has 0 aromatic heterocycles. The molecule has 0 aromatic rings. The third-order valence-electron chi connectivity index (χ3n) is 1.38. The van der Waals surface area contributed by atoms with Crippen LogP contribution in [0.15, 0.2) is 12.2 Å². The highest BCUT2D eigenvalue weighted by atomic mass is 16.6. The van der Waals surface area contributed by atoms with E-state index in [2.05, 4.69) is 6.58 Å². The van der Waals surface area contributed by atoms with Crippen molar-refractivity contribution in [1.29, 1.82) is 0 Å². The van der Waals surface area contributed by atoms with Crippen LogP contribution in [0.25, 0.3) is 0 Å². The van der Waals surface area contributed by atoms with E-state index in [0.717, 1.165) is 0 Å². The maximum atomic E-state index is 10.5. The summed E-state index contributed by atoms with van der Waals surface area (Å²) in [6, 6.07) is 0. The second kappa shape index (κ2) is 3.38. The first-order chi connectivity index (χ1) is 5.27. The molecule has 0 saturated carbocycles. The lowest BCUT2D eigenvalue weighted by atomic mass is 10.00. The van der Waals surface area contributed by atoms with Crippen molar-refractivity contribution in [2.75, 3.05) is 0 Å². The Morgan fingerprint density at radius 1 is 1.42 bits per heavy atom. The normalized spacial score (nSPS) is 10.6. The van der Waals surface area contributed by atoms with Gasteiger partial charge in [0, 0.05) is 6.92 Å². The summed E-state index contributed by atoms with van der Waals surface area (Å²) in [6.45, 7) is 7.48. The van der Waals surface area contributed by atoms with Gasteiger partial charge in [0.25, 0.3) is 0 Å². The predicted molar refractivity (Wildman–Crippen MR) is 42.6 cm³/mol. The molecule has 12 heavy (non-hydrogen) atoms. The quantitative estimate of drug-likeness (QED) is 0.509. The molecule has 0 aliphatic rings. The lowest BCUT2D eigenvalue weighted by molar-refractivity contribution is -0.152. The maximum absolute atomic E-state index is 10.5. The molecule has 0 spiro atoms. The maximum Gasteiger partial charge on any atom is 0.335 e. The van der Waals surface area contributed by atoms with E-state index >= 15 is 0 Å². The minimum Gasteiger partial charge on any atom is -0.478 e. The highest BCUT2D eigenvalue weighted by Crippen LogP contribution is 2.19. The fraction of sp³-hybridized carbons (Fsp3) is 0.500. The number of aliphatic carboxylic acids is 1. The van der Waals surface area contributed by atoms with Gasteiger partial charge in [-0.3, -0.25) is 4.79 Å². The molecule has 0 aliphatic carbocycles. The molecule has 4 nitrogen and oxygen atoms in total. The van der Waals surface area contributed by atoms with Crippen molar-refractivity contribution in [1.82, 2.24) is 0 Å². The summed E-state index contributed by atoms with van der Waals surface area (Å²) in [4.78, 5) is 21.0. The molecule has 0 heterocycles. The molecule has 0 aliphatic heterocycles. The van der Waals surface area contributed by atoms with E-state index in [1.165, 1.54) is 20.8 Å². The summed E-state index contributed by atoms with van der Waals surface area (Å²) >= 11 is 0. The average Bonchev–Trinajstić information content (AvgIpc) is 1.82. The molecule has 0 atom stereocenters. The molecule has 0 saturated heterocycles. The fourth-order valence-corrected chi connectivity index (χ4v) is 0.678. The second-order valence-electron chi connectivity index (χ2n) is 2.89. The van der Waals surface area contributed by atoms with Crippen molar-refractivity contribution in [3.05, 3.63) is 12.2 Å². The van der Waals surface area contributed by atoms with Gasteiger partial charge in [-0.05, 0) is 13.8 Å². The SMILES string of the molecule is C=C(C(=O)O)C(C)(C)OC(C)=O. The van der Waals surface area contributed by atoms with Crippen LogP contribution in [0.4, 0.5) is 0 Å². The second-order valence-corrected chi connectivity index (χ2v) is 2.89. The Balaban J connectivity index is 4.50. The van der Waals surface area contributed by atoms with Gasteiger partial charge in [-0.2, -0.15) is 0 Å². The van der Waals surface area contributed by atoms with Crippen LogP contribution in [0, 0.1) is 0 Å². The Kier molecular flexibility index (Phi) is 3.01. The number of carbonyl (C=O) groups excluding carboxylic acids is 1. The van der Waals surface area contributed by atoms with Crippen LogP contribution in [-0.2, 0) is 14.3 Å². The summed E-state index contributed by atoms with van der Waals surface area (Å²) in [5.41, 5.74) is -1.28. The first-order valence-corrected chi connectivity index (χ1v) is 3.39. The predicted octanol–water partition coefficient (Wildman–Crippen LogP) is 0.969. The highest BCUT2D eigenvalue weighted by molar-refractivity contribution is 5.88. The number of esters is 1. The molecule has 0 amide bonds. The molecular weight excluding hydrogens is 160 g/mol. The summed E-state index contributed by atoms with van der Waals surface area (Å²) in [6.07, 6.45) is 0. The van der Waals surface area contributed by atoms with E-state index in [4.69, 9.17) is 9.84 Å². The van der Waals surface area contributed by atoms with Gasteiger partial charge in [0.2, 0.25) is 0 Å². The number of hydrogen-bond donors (Lipinski definition) is 1. The number of carboxylic acid groups (broad SMARTS) is 1. The van der Waals surface area contributed by atoms with Gasteiger partial charge in [-0.15, -0.1) is 0 Å². The minimum atomic E-state index is -1.17.